The van der Waals surface area contributed by atoms with Crippen molar-refractivity contribution in [2.24, 2.45) is 5.92 Å². The lowest BCUT2D eigenvalue weighted by atomic mass is 10.1. The van der Waals surface area contributed by atoms with Crippen molar-refractivity contribution in [3.05, 3.63) is 29.8 Å². The quantitative estimate of drug-likeness (QED) is 0.610. The molecule has 0 spiro atoms. The number of carbonyl (C=O) groups excluding carboxylic acids is 2. The number of carbonyl (C=O) groups is 2. The Balaban J connectivity index is 2.35. The van der Waals surface area contributed by atoms with E-state index in [9.17, 15) is 9.59 Å². The Morgan fingerprint density at radius 1 is 1.17 bits per heavy atom. The van der Waals surface area contributed by atoms with Gasteiger partial charge in [0.25, 0.3) is 0 Å². The van der Waals surface area contributed by atoms with Gasteiger partial charge in [-0.1, -0.05) is 32.0 Å². The van der Waals surface area contributed by atoms with Crippen LogP contribution in [0.2, 0.25) is 0 Å². The number of hydrogen-bond acceptors (Lipinski definition) is 3. The average Bonchev–Trinajstić information content (AvgIpc) is 2.52. The van der Waals surface area contributed by atoms with Crippen LogP contribution in [0.3, 0.4) is 0 Å². The molecule has 0 atom stereocenters. The zero-order valence-corrected chi connectivity index (χ0v) is 14.1. The summed E-state index contributed by atoms with van der Waals surface area (Å²) in [6.45, 7) is 5.92. The molecule has 0 radical (unpaired) electrons. The molecule has 0 bridgehead atoms. The minimum atomic E-state index is -0.304. The molecule has 128 valence electrons. The lowest BCUT2D eigenvalue weighted by molar-refractivity contribution is -0.119. The van der Waals surface area contributed by atoms with E-state index < -0.39 is 0 Å². The maximum atomic E-state index is 11.9. The van der Waals surface area contributed by atoms with Gasteiger partial charge in [0.05, 0.1) is 13.0 Å². The van der Waals surface area contributed by atoms with Gasteiger partial charge in [-0.25, -0.2) is 4.79 Å². The van der Waals surface area contributed by atoms with Gasteiger partial charge in [0.15, 0.2) is 0 Å². The Hall–Kier alpha value is -2.08. The monoisotopic (exact) mass is 321 g/mol. The largest absolute Gasteiger partial charge is 0.380 e. The van der Waals surface area contributed by atoms with Crippen molar-refractivity contribution in [2.75, 3.05) is 32.1 Å². The number of amides is 3. The summed E-state index contributed by atoms with van der Waals surface area (Å²) < 4.78 is 5.44. The molecule has 0 saturated carbocycles. The molecule has 23 heavy (non-hydrogen) atoms. The molecule has 0 aliphatic carbocycles. The van der Waals surface area contributed by atoms with E-state index in [1.54, 1.807) is 13.1 Å². The number of benzene rings is 1. The Labute approximate surface area is 138 Å². The van der Waals surface area contributed by atoms with Crippen LogP contribution >= 0.6 is 0 Å². The fourth-order valence-electron chi connectivity index (χ4n) is 1.88. The van der Waals surface area contributed by atoms with Crippen molar-refractivity contribution in [3.63, 3.8) is 0 Å². The number of urea groups is 1. The highest BCUT2D eigenvalue weighted by molar-refractivity contribution is 5.91. The summed E-state index contributed by atoms with van der Waals surface area (Å²) in [7, 11) is 1.59. The minimum Gasteiger partial charge on any atom is -0.380 e. The molecule has 6 heteroatoms. The molecule has 6 nitrogen and oxygen atoms in total. The van der Waals surface area contributed by atoms with Gasteiger partial charge in [0, 0.05) is 25.9 Å². The van der Waals surface area contributed by atoms with E-state index in [4.69, 9.17) is 4.74 Å². The molecule has 1 aromatic rings. The Morgan fingerprint density at radius 2 is 1.91 bits per heavy atom. The number of rotatable bonds is 9. The fraction of sp³-hybridized carbons (Fsp3) is 0.529. The van der Waals surface area contributed by atoms with Crippen molar-refractivity contribution in [1.82, 2.24) is 10.6 Å². The summed E-state index contributed by atoms with van der Waals surface area (Å²) in [5.41, 5.74) is 1.41. The van der Waals surface area contributed by atoms with Gasteiger partial charge >= 0.3 is 6.03 Å². The summed E-state index contributed by atoms with van der Waals surface area (Å²) in [5.74, 6) is 0.515. The molecule has 3 N–H and O–H groups in total. The zero-order chi connectivity index (χ0) is 17.1. The summed E-state index contributed by atoms with van der Waals surface area (Å²) in [5, 5.41) is 8.07. The van der Waals surface area contributed by atoms with Crippen LogP contribution in [0.25, 0.3) is 0 Å². The van der Waals surface area contributed by atoms with E-state index in [2.05, 4.69) is 29.8 Å². The van der Waals surface area contributed by atoms with Gasteiger partial charge < -0.3 is 20.7 Å². The molecular weight excluding hydrogens is 294 g/mol. The van der Waals surface area contributed by atoms with Crippen molar-refractivity contribution in [1.29, 1.82) is 0 Å². The van der Waals surface area contributed by atoms with Crippen LogP contribution in [0.5, 0.6) is 0 Å². The third kappa shape index (κ3) is 8.21. The number of anilines is 1. The predicted octanol–water partition coefficient (Wildman–Crippen LogP) is 2.16. The first-order valence-electron chi connectivity index (χ1n) is 7.94. The van der Waals surface area contributed by atoms with E-state index in [0.717, 1.165) is 12.0 Å². The number of ether oxygens (including phenoxy) is 1. The number of nitrogens with one attached hydrogen (secondary N) is 3. The second kappa shape index (κ2) is 10.6. The highest BCUT2D eigenvalue weighted by Crippen LogP contribution is 2.15. The molecular formula is C17H27N3O3. The van der Waals surface area contributed by atoms with Crippen LogP contribution in [0.4, 0.5) is 10.5 Å². The predicted molar refractivity (Wildman–Crippen MR) is 91.5 cm³/mol. The van der Waals surface area contributed by atoms with Gasteiger partial charge in [-0.3, -0.25) is 4.79 Å². The Kier molecular flexibility index (Phi) is 8.75. The summed E-state index contributed by atoms with van der Waals surface area (Å²) >= 11 is 0. The third-order valence-electron chi connectivity index (χ3n) is 3.27. The molecule has 0 aliphatic heterocycles. The van der Waals surface area contributed by atoms with Gasteiger partial charge in [-0.2, -0.15) is 0 Å². The number of likely N-dealkylation sites (N-methyl/N-ethyl adjacent to an activating group) is 1. The van der Waals surface area contributed by atoms with Gasteiger partial charge in [0.2, 0.25) is 5.91 Å². The third-order valence-corrected chi connectivity index (χ3v) is 3.27. The van der Waals surface area contributed by atoms with E-state index >= 15 is 0 Å². The van der Waals surface area contributed by atoms with Crippen LogP contribution in [-0.4, -0.2) is 38.7 Å². The summed E-state index contributed by atoms with van der Waals surface area (Å²) in [4.78, 5) is 23.4. The smallest absolute Gasteiger partial charge is 0.319 e. The first-order chi connectivity index (χ1) is 11.0. The normalized spacial score (nSPS) is 10.4. The van der Waals surface area contributed by atoms with Crippen molar-refractivity contribution in [3.8, 4) is 0 Å². The summed E-state index contributed by atoms with van der Waals surface area (Å²) in [6, 6.07) is 6.94. The Morgan fingerprint density at radius 3 is 2.61 bits per heavy atom. The van der Waals surface area contributed by atoms with Crippen LogP contribution < -0.4 is 16.0 Å². The lowest BCUT2D eigenvalue weighted by Crippen LogP contribution is -2.32. The molecule has 1 rings (SSSR count). The van der Waals surface area contributed by atoms with Crippen LogP contribution in [0.15, 0.2) is 24.3 Å². The first-order valence-corrected chi connectivity index (χ1v) is 7.94. The standard InChI is InChI=1S/C17H27N3O3/c1-13(2)8-10-23-11-9-19-17(22)20-15-7-5-4-6-14(15)12-16(21)18-3/h4-7,13H,8-12H2,1-3H3,(H,18,21)(H2,19,20,22). The van der Waals surface area contributed by atoms with E-state index in [0.29, 0.717) is 31.4 Å². The molecule has 0 aromatic heterocycles. The van der Waals surface area contributed by atoms with Gasteiger partial charge in [-0.15, -0.1) is 0 Å². The summed E-state index contributed by atoms with van der Waals surface area (Å²) in [6.07, 6.45) is 1.24. The molecule has 0 aliphatic rings. The molecule has 0 saturated heterocycles. The maximum Gasteiger partial charge on any atom is 0.319 e. The van der Waals surface area contributed by atoms with Crippen molar-refractivity contribution < 1.29 is 14.3 Å². The second-order valence-electron chi connectivity index (χ2n) is 5.68. The van der Waals surface area contributed by atoms with E-state index in [1.165, 1.54) is 0 Å². The van der Waals surface area contributed by atoms with Gasteiger partial charge in [-0.05, 0) is 24.0 Å². The van der Waals surface area contributed by atoms with E-state index in [1.807, 2.05) is 18.2 Å². The molecule has 0 heterocycles. The second-order valence-corrected chi connectivity index (χ2v) is 5.68. The van der Waals surface area contributed by atoms with Crippen molar-refractivity contribution >= 4 is 17.6 Å². The molecule has 1 aromatic carbocycles. The zero-order valence-electron chi connectivity index (χ0n) is 14.1. The van der Waals surface area contributed by atoms with E-state index in [-0.39, 0.29) is 18.4 Å². The average molecular weight is 321 g/mol. The first kappa shape index (κ1) is 19.0. The number of para-hydroxylation sites is 1. The fourth-order valence-corrected chi connectivity index (χ4v) is 1.88. The molecule has 0 fully saturated rings. The van der Waals surface area contributed by atoms with Crippen LogP contribution in [0, 0.1) is 5.92 Å². The topological polar surface area (TPSA) is 79.5 Å². The Bertz CT molecular complexity index is 504. The lowest BCUT2D eigenvalue weighted by Gasteiger charge is -2.12. The molecule has 3 amide bonds. The molecule has 0 unspecified atom stereocenters. The highest BCUT2D eigenvalue weighted by atomic mass is 16.5. The van der Waals surface area contributed by atoms with Crippen molar-refractivity contribution in [2.45, 2.75) is 26.7 Å². The minimum absolute atomic E-state index is 0.0989. The van der Waals surface area contributed by atoms with Crippen LogP contribution in [-0.2, 0) is 16.0 Å². The highest BCUT2D eigenvalue weighted by Gasteiger charge is 2.08. The van der Waals surface area contributed by atoms with Crippen LogP contribution in [0.1, 0.15) is 25.8 Å². The number of hydrogen-bond donors (Lipinski definition) is 3. The van der Waals surface area contributed by atoms with Gasteiger partial charge in [0.1, 0.15) is 0 Å². The maximum absolute atomic E-state index is 11.9. The SMILES string of the molecule is CNC(=O)Cc1ccccc1NC(=O)NCCOCCC(C)C.